The summed E-state index contributed by atoms with van der Waals surface area (Å²) in [5.41, 5.74) is 3.28. The van der Waals surface area contributed by atoms with Crippen LogP contribution in [0.3, 0.4) is 0 Å². The Labute approximate surface area is 116 Å². The summed E-state index contributed by atoms with van der Waals surface area (Å²) in [4.78, 5) is 8.92. The van der Waals surface area contributed by atoms with Crippen LogP contribution in [0.4, 0.5) is 0 Å². The molecule has 2 unspecified atom stereocenters. The molecule has 0 aromatic carbocycles. The smallest absolute Gasteiger partial charge is 0.157 e. The first-order valence-corrected chi connectivity index (χ1v) is 8.51. The Morgan fingerprint density at radius 2 is 2.56 bits per heavy atom. The molecule has 2 heterocycles. The molecule has 2 atom stereocenters. The fourth-order valence-corrected chi connectivity index (χ4v) is 4.71. The first-order valence-electron chi connectivity index (χ1n) is 6.58. The van der Waals surface area contributed by atoms with Gasteiger partial charge in [-0.15, -0.1) is 11.3 Å². The number of amidine groups is 1. The van der Waals surface area contributed by atoms with Gasteiger partial charge in [0.2, 0.25) is 0 Å². The average molecular weight is 281 g/mol. The summed E-state index contributed by atoms with van der Waals surface area (Å²) in [5.74, 6) is 2.04. The van der Waals surface area contributed by atoms with Gasteiger partial charge in [-0.25, -0.2) is 4.98 Å². The first kappa shape index (κ1) is 12.5. The molecule has 1 aliphatic carbocycles. The molecule has 2 fully saturated rings. The maximum absolute atomic E-state index is 4.65. The third-order valence-corrected chi connectivity index (χ3v) is 5.65. The zero-order valence-electron chi connectivity index (χ0n) is 10.7. The number of thioether (sulfide) groups is 1. The van der Waals surface area contributed by atoms with E-state index in [1.165, 1.54) is 31.4 Å². The highest BCUT2D eigenvalue weighted by Gasteiger charge is 2.40. The summed E-state index contributed by atoms with van der Waals surface area (Å²) < 4.78 is 0. The second-order valence-corrected chi connectivity index (χ2v) is 7.18. The number of rotatable bonds is 2. The fraction of sp³-hybridized carbons (Fsp3) is 0.692. The lowest BCUT2D eigenvalue weighted by Gasteiger charge is -2.36. The van der Waals surface area contributed by atoms with Crippen molar-refractivity contribution < 1.29 is 0 Å². The van der Waals surface area contributed by atoms with Gasteiger partial charge in [-0.2, -0.15) is 0 Å². The summed E-state index contributed by atoms with van der Waals surface area (Å²) >= 11 is 3.52. The molecule has 3 nitrogen and oxygen atoms in total. The number of hydrogen-bond acceptors (Lipinski definition) is 4. The third-order valence-electron chi connectivity index (χ3n) is 3.82. The van der Waals surface area contributed by atoms with Crippen molar-refractivity contribution in [1.29, 1.82) is 0 Å². The molecule has 2 aliphatic rings. The van der Waals surface area contributed by atoms with Gasteiger partial charge in [-0.1, -0.05) is 31.5 Å². The lowest BCUT2D eigenvalue weighted by Crippen LogP contribution is -2.47. The Kier molecular flexibility index (Phi) is 3.61. The van der Waals surface area contributed by atoms with Crippen molar-refractivity contribution in [3.63, 3.8) is 0 Å². The molecule has 0 amide bonds. The maximum atomic E-state index is 4.65. The Morgan fingerprint density at radius 1 is 1.61 bits per heavy atom. The monoisotopic (exact) mass is 281 g/mol. The van der Waals surface area contributed by atoms with Crippen LogP contribution in [0.1, 0.15) is 38.3 Å². The number of nitrogens with zero attached hydrogens (tertiary/aromatic N) is 2. The van der Waals surface area contributed by atoms with Gasteiger partial charge < -0.3 is 5.32 Å². The van der Waals surface area contributed by atoms with Crippen LogP contribution in [-0.4, -0.2) is 21.4 Å². The lowest BCUT2D eigenvalue weighted by molar-refractivity contribution is 0.242. The zero-order chi connectivity index (χ0) is 12.4. The van der Waals surface area contributed by atoms with E-state index in [2.05, 4.69) is 27.6 Å². The van der Waals surface area contributed by atoms with Crippen LogP contribution in [0.25, 0.3) is 0 Å². The van der Waals surface area contributed by atoms with Gasteiger partial charge in [0.1, 0.15) is 0 Å². The van der Waals surface area contributed by atoms with E-state index in [1.807, 2.05) is 17.3 Å². The molecule has 1 saturated carbocycles. The van der Waals surface area contributed by atoms with Crippen LogP contribution in [0.5, 0.6) is 0 Å². The Bertz CT molecular complexity index is 429. The molecule has 1 spiro atoms. The first-order chi connectivity index (χ1) is 8.76. The quantitative estimate of drug-likeness (QED) is 0.904. The van der Waals surface area contributed by atoms with Gasteiger partial charge >= 0.3 is 0 Å². The second-order valence-electron chi connectivity index (χ2n) is 5.50. The van der Waals surface area contributed by atoms with E-state index in [9.17, 15) is 0 Å². The Balaban J connectivity index is 1.62. The Hall–Kier alpha value is -0.550. The van der Waals surface area contributed by atoms with Crippen molar-refractivity contribution >= 4 is 28.3 Å². The highest BCUT2D eigenvalue weighted by Crippen LogP contribution is 2.38. The molecule has 1 aliphatic heterocycles. The van der Waals surface area contributed by atoms with Crippen molar-refractivity contribution in [3.8, 4) is 0 Å². The summed E-state index contributed by atoms with van der Waals surface area (Å²) in [6.07, 6.45) is 5.35. The predicted octanol–water partition coefficient (Wildman–Crippen LogP) is 3.28. The molecule has 1 saturated heterocycles. The second kappa shape index (κ2) is 5.21. The number of thiazole rings is 1. The summed E-state index contributed by atoms with van der Waals surface area (Å²) in [7, 11) is 0. The Morgan fingerprint density at radius 3 is 3.33 bits per heavy atom. The predicted molar refractivity (Wildman–Crippen MR) is 79.2 cm³/mol. The van der Waals surface area contributed by atoms with E-state index in [4.69, 9.17) is 0 Å². The van der Waals surface area contributed by atoms with Crippen LogP contribution in [-0.2, 0) is 6.54 Å². The maximum Gasteiger partial charge on any atom is 0.157 e. The minimum absolute atomic E-state index is 0.337. The number of hydrogen-bond donors (Lipinski definition) is 1. The minimum atomic E-state index is 0.337. The number of aromatic nitrogens is 1. The molecule has 0 radical (unpaired) electrons. The van der Waals surface area contributed by atoms with E-state index in [0.29, 0.717) is 12.1 Å². The summed E-state index contributed by atoms with van der Waals surface area (Å²) in [6, 6.07) is 0. The van der Waals surface area contributed by atoms with E-state index in [1.54, 1.807) is 11.3 Å². The molecule has 98 valence electrons. The molecular formula is C13H19N3S2. The van der Waals surface area contributed by atoms with Crippen molar-refractivity contribution in [3.05, 3.63) is 16.6 Å². The van der Waals surface area contributed by atoms with Crippen LogP contribution >= 0.6 is 23.1 Å². The number of aliphatic imine (C=N–C) groups is 1. The van der Waals surface area contributed by atoms with Gasteiger partial charge in [-0.05, 0) is 18.8 Å². The summed E-state index contributed by atoms with van der Waals surface area (Å²) in [5, 5.41) is 6.88. The highest BCUT2D eigenvalue weighted by atomic mass is 32.2. The molecule has 5 heteroatoms. The third kappa shape index (κ3) is 2.72. The van der Waals surface area contributed by atoms with Gasteiger partial charge in [0.15, 0.2) is 5.17 Å². The fourth-order valence-electron chi connectivity index (χ4n) is 2.96. The largest absolute Gasteiger partial charge is 0.359 e. The van der Waals surface area contributed by atoms with Crippen molar-refractivity contribution in [1.82, 2.24) is 10.3 Å². The van der Waals surface area contributed by atoms with Crippen LogP contribution in [0.15, 0.2) is 15.9 Å². The number of nitrogens with one attached hydrogen (secondary N) is 1. The molecule has 3 rings (SSSR count). The van der Waals surface area contributed by atoms with Gasteiger partial charge in [0, 0.05) is 16.7 Å². The van der Waals surface area contributed by atoms with Crippen LogP contribution in [0, 0.1) is 5.92 Å². The highest BCUT2D eigenvalue weighted by molar-refractivity contribution is 8.14. The standard InChI is InChI=1S/C13H19N3S2/c1-10-3-2-4-13(5-10)8-18-12(16-13)14-6-11-7-17-9-15-11/h7,9-10H,2-6,8H2,1H3,(H,14,16). The minimum Gasteiger partial charge on any atom is -0.359 e. The van der Waals surface area contributed by atoms with E-state index < -0.39 is 0 Å². The molecular weight excluding hydrogens is 262 g/mol. The van der Waals surface area contributed by atoms with Crippen molar-refractivity contribution in [2.24, 2.45) is 10.9 Å². The molecule has 1 aromatic rings. The molecule has 1 N–H and O–H groups in total. The molecule has 1 aromatic heterocycles. The van der Waals surface area contributed by atoms with Gasteiger partial charge in [0.25, 0.3) is 0 Å². The van der Waals surface area contributed by atoms with Gasteiger partial charge in [-0.3, -0.25) is 4.99 Å². The molecule has 0 bridgehead atoms. The lowest BCUT2D eigenvalue weighted by atomic mass is 9.78. The van der Waals surface area contributed by atoms with Gasteiger partial charge in [0.05, 0.1) is 17.7 Å². The topological polar surface area (TPSA) is 37.3 Å². The molecule has 18 heavy (non-hydrogen) atoms. The van der Waals surface area contributed by atoms with E-state index >= 15 is 0 Å². The van der Waals surface area contributed by atoms with Crippen molar-refractivity contribution in [2.45, 2.75) is 44.7 Å². The summed E-state index contributed by atoms with van der Waals surface area (Å²) in [6.45, 7) is 3.09. The normalized spacial score (nSPS) is 34.1. The van der Waals surface area contributed by atoms with Crippen LogP contribution < -0.4 is 5.32 Å². The SMILES string of the molecule is CC1CCCC2(CSC(=NCc3cscn3)N2)C1. The zero-order valence-corrected chi connectivity index (χ0v) is 12.3. The van der Waals surface area contributed by atoms with E-state index in [0.717, 1.165) is 16.8 Å². The average Bonchev–Trinajstić information content (AvgIpc) is 2.97. The van der Waals surface area contributed by atoms with E-state index in [-0.39, 0.29) is 0 Å². The van der Waals surface area contributed by atoms with Crippen LogP contribution in [0.2, 0.25) is 0 Å². The van der Waals surface area contributed by atoms with Crippen molar-refractivity contribution in [2.75, 3.05) is 5.75 Å².